The smallest absolute Gasteiger partial charge is 0.410 e. The second-order valence-corrected chi connectivity index (χ2v) is 34.2. The molecule has 15 heterocycles. The van der Waals surface area contributed by atoms with E-state index < -0.39 is 16.8 Å². The van der Waals surface area contributed by atoms with E-state index in [0.29, 0.717) is 31.7 Å². The summed E-state index contributed by atoms with van der Waals surface area (Å²) in [6.07, 6.45) is 3.67. The topological polar surface area (TPSA) is 213 Å². The van der Waals surface area contributed by atoms with Gasteiger partial charge in [-0.1, -0.05) is 179 Å². The molecule has 0 spiro atoms. The minimum atomic E-state index is -0.484. The fraction of sp³-hybridized carbons (Fsp3) is 0.596. The van der Waals surface area contributed by atoms with Gasteiger partial charge in [0.05, 0.1) is 66.8 Å². The van der Waals surface area contributed by atoms with Crippen LogP contribution in [0.4, 0.5) is 14.4 Å². The molecule has 0 unspecified atom stereocenters. The Morgan fingerprint density at radius 1 is 0.352 bits per heavy atom. The van der Waals surface area contributed by atoms with Crippen molar-refractivity contribution in [2.24, 2.45) is 28.2 Å². The normalized spacial score (nSPS) is 14.9. The maximum Gasteiger partial charge on any atom is 0.410 e. The van der Waals surface area contributed by atoms with Crippen molar-refractivity contribution in [2.45, 2.75) is 357 Å². The van der Waals surface area contributed by atoms with Crippen LogP contribution >= 0.6 is 124 Å². The van der Waals surface area contributed by atoms with Crippen LogP contribution in [-0.2, 0) is 107 Å². The Morgan fingerprint density at radius 2 is 0.648 bits per heavy atom. The van der Waals surface area contributed by atoms with E-state index in [4.69, 9.17) is 14.2 Å². The number of carbonyl (C=O) groups excluding carboxylic acids is 3. The number of fused-ring (bicyclic) bond motifs is 5. The largest absolute Gasteiger partial charge is 0.444 e. The second kappa shape index (κ2) is 64.7. The average molecular weight is 1940 g/mol. The maximum absolute atomic E-state index is 12.5. The van der Waals surface area contributed by atoms with Gasteiger partial charge < -0.3 is 39.5 Å². The Kier molecular flexibility index (Phi) is 79.3. The lowest BCUT2D eigenvalue weighted by atomic mass is 9.99. The zero-order valence-electron chi connectivity index (χ0n) is 63.5. The molecule has 21 nitrogen and oxygen atoms in total. The van der Waals surface area contributed by atoms with Gasteiger partial charge in [-0.25, -0.2) is 14.4 Å². The third-order valence-corrected chi connectivity index (χ3v) is 22.3. The lowest BCUT2D eigenvalue weighted by molar-refractivity contribution is 0.0126. The van der Waals surface area contributed by atoms with Crippen molar-refractivity contribution in [3.8, 4) is 52.9 Å². The van der Waals surface area contributed by atoms with Crippen molar-refractivity contribution in [1.82, 2.24) is 74.7 Å². The van der Waals surface area contributed by atoms with Crippen molar-refractivity contribution in [3.63, 3.8) is 0 Å². The van der Waals surface area contributed by atoms with Crippen LogP contribution in [0.5, 0.6) is 0 Å². The molecule has 734 valence electrons. The number of hydrogen-bond donors (Lipinski definition) is 3. The zero-order chi connectivity index (χ0) is 71.7. The van der Waals surface area contributed by atoms with E-state index in [1.807, 2.05) is 162 Å². The first-order valence-corrected chi connectivity index (χ1v) is 38.7. The van der Waals surface area contributed by atoms with Gasteiger partial charge in [0.2, 0.25) is 0 Å². The first-order valence-electron chi connectivity index (χ1n) is 34.3. The molecule has 0 saturated heterocycles. The number of rotatable bonds is 5. The van der Waals surface area contributed by atoms with E-state index in [1.165, 1.54) is 48.5 Å². The lowest BCUT2D eigenvalue weighted by Crippen LogP contribution is -2.45. The molecule has 10 aromatic rings. The van der Waals surface area contributed by atoms with E-state index in [-0.39, 0.29) is 252 Å². The molecule has 5 aliphatic heterocycles. The van der Waals surface area contributed by atoms with Gasteiger partial charge >= 0.3 is 18.3 Å². The van der Waals surface area contributed by atoms with Crippen LogP contribution in [0.2, 0.25) is 0 Å². The van der Waals surface area contributed by atoms with Gasteiger partial charge in [-0.3, -0.25) is 23.8 Å². The highest BCUT2D eigenvalue weighted by Crippen LogP contribution is 2.39. The highest BCUT2D eigenvalue weighted by atomic mass is 32.1. The van der Waals surface area contributed by atoms with Crippen LogP contribution in [0, 0.1) is 0 Å². The number of nitrogens with one attached hydrogen (secondary N) is 3. The highest BCUT2D eigenvalue weighted by molar-refractivity contribution is 7.60. The number of hydrogen-bond acceptors (Lipinski definition) is 18. The Labute approximate surface area is 821 Å². The van der Waals surface area contributed by atoms with E-state index in [9.17, 15) is 14.4 Å². The summed E-state index contributed by atoms with van der Waals surface area (Å²) in [7, 11) is 8.04. The molecule has 0 fully saturated rings. The summed E-state index contributed by atoms with van der Waals surface area (Å²) >= 11 is 8.56. The standard InChI is InChI=1S/2C17H23N3O2S.C16H21N3O2S.2C12H15N3S.20CH4.5H2S/c1-11-9-13-12(10-20(11)16(21)22-17(2,3)4)15(18-19(13)5)14-7-6-8-23-14;1-11-9-13-12(10-20(11)16(21)22-17(2,3)4)15(19(5)18-13)14-7-6-8-23-14;1-10-8-12-11(9-19(10)15(20)21-16(2,3)4)14(18-17-12)13-6-5-7-22-13;1-8-6-10-9(7-13-8)12(14-15(10)2)11-4-3-5-16-11;1-8-6-10-9(7-13-8)12(15(2)14-10)11-4-3-5-16-11;;;;;;;;;;;;;;;;;;;;;;;;;/h2*6-8,11H,9-10H2,1-5H3;5-7,10H,8-9H2,1-4H3,(H,17,18);2*3-5,8,13H,6-7H2,1-2H3;20*1H4;5*1H2/t2*11-;10-;2*8-;;;;;;;;;;;;;;;;;;;;;;;;;/m00000........................./s1. The van der Waals surface area contributed by atoms with Crippen molar-refractivity contribution in [3.05, 3.63) is 144 Å². The number of thiophene rings is 5. The number of H-pyrrole nitrogens is 1. The fourth-order valence-electron chi connectivity index (χ4n) is 13.2. The van der Waals surface area contributed by atoms with Gasteiger partial charge in [-0.15, -0.1) is 56.7 Å². The van der Waals surface area contributed by atoms with E-state index in [1.54, 1.807) is 61.6 Å². The van der Waals surface area contributed by atoms with Crippen molar-refractivity contribution in [2.75, 3.05) is 0 Å². The first kappa shape index (κ1) is 153. The summed E-state index contributed by atoms with van der Waals surface area (Å²) < 4.78 is 24.6. The van der Waals surface area contributed by atoms with Gasteiger partial charge in [-0.05, 0) is 154 Å². The number of aromatic nitrogens is 10. The molecular weight excluding hydrogens is 1760 g/mol. The molecule has 0 radical (unpaired) electrons. The molecule has 0 aliphatic carbocycles. The Morgan fingerprint density at radius 3 is 1.02 bits per heavy atom. The van der Waals surface area contributed by atoms with Crippen LogP contribution in [0.25, 0.3) is 52.9 Å². The summed E-state index contributed by atoms with van der Waals surface area (Å²) in [6.45, 7) is 31.1. The van der Waals surface area contributed by atoms with Crippen LogP contribution < -0.4 is 10.6 Å². The number of nitrogens with zero attached hydrogens (tertiary/aromatic N) is 12. The fourth-order valence-corrected chi connectivity index (χ4v) is 17.0. The average Bonchev–Trinajstić information content (AvgIpc) is 1.66. The number of carbonyl (C=O) groups is 3. The Balaban J connectivity index is -0.0000000891. The van der Waals surface area contributed by atoms with E-state index in [0.717, 1.165) is 106 Å². The molecule has 0 saturated carbocycles. The molecule has 0 bridgehead atoms. The van der Waals surface area contributed by atoms with Crippen LogP contribution in [-0.4, -0.2) is 129 Å². The van der Waals surface area contributed by atoms with Crippen LogP contribution in [0.15, 0.2) is 87.6 Å². The molecule has 31 heteroatoms. The molecule has 0 aromatic carbocycles. The minimum Gasteiger partial charge on any atom is -0.444 e. The van der Waals surface area contributed by atoms with Crippen molar-refractivity contribution < 1.29 is 28.6 Å². The number of aromatic amines is 1. The summed E-state index contributed by atoms with van der Waals surface area (Å²) in [5, 5.41) is 43.6. The van der Waals surface area contributed by atoms with Gasteiger partial charge in [-0.2, -0.15) is 93.0 Å². The van der Waals surface area contributed by atoms with Gasteiger partial charge in [0.15, 0.2) is 0 Å². The summed E-state index contributed by atoms with van der Waals surface area (Å²) in [4.78, 5) is 48.9. The molecule has 125 heavy (non-hydrogen) atoms. The van der Waals surface area contributed by atoms with Crippen LogP contribution in [0.1, 0.15) is 302 Å². The minimum absolute atomic E-state index is 0. The van der Waals surface area contributed by atoms with E-state index in [2.05, 4.69) is 121 Å². The SMILES string of the molecule is C.C.C.C.C.C.C.C.C.C.C.C.C.C.C.C.C.C.C.C.C[C@H]1Cc2[nH]nc(-c3cccs3)c2CN1C(=O)OC(C)(C)C.C[C@H]1Cc2c(c(-c3cccs3)nn2C)CN1.C[C@H]1Cc2c(c(-c3cccs3)nn2C)CN1C(=O)OC(C)(C)C.C[C@H]1Cc2nn(C)c(-c3cccs3)c2CN1.C[C@H]1Cc2nn(C)c(-c3cccs3)c2CN1C(=O)OC(C)(C)C.S.S.S.S.S. The summed E-state index contributed by atoms with van der Waals surface area (Å²) in [5.41, 5.74) is 16.2. The number of ether oxygens (including phenoxy) is 3. The van der Waals surface area contributed by atoms with Gasteiger partial charge in [0, 0.05) is 148 Å². The second-order valence-electron chi connectivity index (χ2n) is 29.5. The molecule has 10 aromatic heterocycles. The zero-order valence-corrected chi connectivity index (χ0v) is 72.6. The van der Waals surface area contributed by atoms with E-state index >= 15 is 0 Å². The molecular formula is C94H187N15O6S10. The maximum atomic E-state index is 12.5. The molecule has 5 atom stereocenters. The third kappa shape index (κ3) is 37.1. The Hall–Kier alpha value is -5.97. The predicted molar refractivity (Wildman–Crippen MR) is 589 cm³/mol. The quantitative estimate of drug-likeness (QED) is 0.137. The molecule has 3 amide bonds. The molecule has 5 aliphatic rings. The third-order valence-electron chi connectivity index (χ3n) is 17.9. The van der Waals surface area contributed by atoms with Crippen molar-refractivity contribution in [1.29, 1.82) is 0 Å². The first-order chi connectivity index (χ1) is 47.4. The Bertz CT molecular complexity index is 4380. The molecule has 3 N–H and O–H groups in total. The van der Waals surface area contributed by atoms with Crippen LogP contribution in [0.3, 0.4) is 0 Å². The number of aryl methyl sites for hydroxylation is 4. The predicted octanol–water partition coefficient (Wildman–Crippen LogP) is 29.1. The highest BCUT2D eigenvalue weighted by Gasteiger charge is 2.38. The monoisotopic (exact) mass is 1940 g/mol. The summed E-state index contributed by atoms with van der Waals surface area (Å²) in [6, 6.07) is 22.2. The molecule has 15 rings (SSSR count). The van der Waals surface area contributed by atoms with Gasteiger partial charge in [0.1, 0.15) is 33.9 Å². The lowest BCUT2D eigenvalue weighted by Gasteiger charge is -2.35. The number of amides is 3. The van der Waals surface area contributed by atoms with Gasteiger partial charge in [0.25, 0.3) is 0 Å². The summed E-state index contributed by atoms with van der Waals surface area (Å²) in [5.74, 6) is 0. The van der Waals surface area contributed by atoms with Crippen molar-refractivity contribution >= 4 is 142 Å².